The molecule has 2 N–H and O–H groups in total. The van der Waals surface area contributed by atoms with Crippen molar-refractivity contribution in [2.45, 2.75) is 27.0 Å². The fourth-order valence-corrected chi connectivity index (χ4v) is 2.72. The highest BCUT2D eigenvalue weighted by Crippen LogP contribution is 2.27. The molecule has 0 aliphatic carbocycles. The molecule has 1 atom stereocenters. The highest BCUT2D eigenvalue weighted by Gasteiger charge is 2.19. The Labute approximate surface area is 161 Å². The van der Waals surface area contributed by atoms with Gasteiger partial charge in [0.25, 0.3) is 11.6 Å². The summed E-state index contributed by atoms with van der Waals surface area (Å²) in [5.74, 6) is -0.294. The van der Waals surface area contributed by atoms with Gasteiger partial charge in [-0.25, -0.2) is 0 Å². The zero-order chi connectivity index (χ0) is 20.8. The molecule has 0 saturated carbocycles. The summed E-state index contributed by atoms with van der Waals surface area (Å²) in [5, 5.41) is 13.8. The van der Waals surface area contributed by atoms with Crippen LogP contribution in [0.2, 0.25) is 0 Å². The Bertz CT molecular complexity index is 857. The molecule has 28 heavy (non-hydrogen) atoms. The minimum absolute atomic E-state index is 0.0659. The van der Waals surface area contributed by atoms with Gasteiger partial charge in [0, 0.05) is 11.6 Å². The second-order valence-electron chi connectivity index (χ2n) is 6.59. The second-order valence-corrected chi connectivity index (χ2v) is 6.59. The van der Waals surface area contributed by atoms with Crippen LogP contribution in [0.25, 0.3) is 0 Å². The van der Waals surface area contributed by atoms with Crippen LogP contribution in [-0.4, -0.2) is 31.0 Å². The number of nitrogens with one attached hydrogen (secondary N) is 2. The topological polar surface area (TPSA) is 85.9 Å². The van der Waals surface area contributed by atoms with Gasteiger partial charge in [-0.15, -0.1) is 0 Å². The quantitative estimate of drug-likeness (QED) is 0.532. The first-order valence-corrected chi connectivity index (χ1v) is 8.56. The second kappa shape index (κ2) is 9.23. The molecular weight excluding hydrogens is 372 g/mol. The zero-order valence-electron chi connectivity index (χ0n) is 15.8. The van der Waals surface area contributed by atoms with Gasteiger partial charge >= 0.3 is 6.61 Å². The molecule has 0 aliphatic rings. The maximum atomic E-state index is 12.3. The van der Waals surface area contributed by atoms with Crippen molar-refractivity contribution in [1.82, 2.24) is 0 Å². The number of halogens is 2. The molecule has 0 saturated heterocycles. The van der Waals surface area contributed by atoms with Gasteiger partial charge in [-0.1, -0.05) is 0 Å². The molecule has 1 unspecified atom stereocenters. The van der Waals surface area contributed by atoms with E-state index in [2.05, 4.69) is 10.1 Å². The summed E-state index contributed by atoms with van der Waals surface area (Å²) in [5.41, 5.74) is 2.46. The van der Waals surface area contributed by atoms with E-state index >= 15 is 0 Å². The SMILES string of the molecule is Cc1cc(NC(=O)C[NH+](C)Cc2ccc(OC(F)F)cc2)c([N+](=O)[O-])cc1C. The first kappa shape index (κ1) is 21.2. The van der Waals surface area contributed by atoms with Crippen molar-refractivity contribution >= 4 is 17.3 Å². The van der Waals surface area contributed by atoms with Crippen LogP contribution >= 0.6 is 0 Å². The Morgan fingerprint density at radius 1 is 1.21 bits per heavy atom. The van der Waals surface area contributed by atoms with Gasteiger partial charge in [-0.05, 0) is 55.3 Å². The van der Waals surface area contributed by atoms with Crippen molar-refractivity contribution in [3.63, 3.8) is 0 Å². The Morgan fingerprint density at radius 2 is 1.82 bits per heavy atom. The average Bonchev–Trinajstić information content (AvgIpc) is 2.58. The predicted octanol–water partition coefficient (Wildman–Crippen LogP) is 2.47. The first-order chi connectivity index (χ1) is 13.2. The Balaban J connectivity index is 1.98. The number of quaternary nitrogens is 1. The summed E-state index contributed by atoms with van der Waals surface area (Å²) >= 11 is 0. The molecule has 150 valence electrons. The highest BCUT2D eigenvalue weighted by molar-refractivity contribution is 5.94. The van der Waals surface area contributed by atoms with E-state index in [1.165, 1.54) is 18.2 Å². The maximum Gasteiger partial charge on any atom is 0.387 e. The number of aryl methyl sites for hydroxylation is 2. The molecule has 0 spiro atoms. The number of hydrogen-bond donors (Lipinski definition) is 2. The number of benzene rings is 2. The molecule has 7 nitrogen and oxygen atoms in total. The van der Waals surface area contributed by atoms with Gasteiger partial charge in [0.2, 0.25) is 0 Å². The molecule has 2 rings (SSSR count). The van der Waals surface area contributed by atoms with Crippen molar-refractivity contribution in [3.05, 3.63) is 63.2 Å². The molecule has 1 amide bonds. The van der Waals surface area contributed by atoms with Crippen LogP contribution < -0.4 is 15.0 Å². The highest BCUT2D eigenvalue weighted by atomic mass is 19.3. The van der Waals surface area contributed by atoms with Crippen molar-refractivity contribution in [3.8, 4) is 5.75 Å². The smallest absolute Gasteiger partial charge is 0.387 e. The lowest BCUT2D eigenvalue weighted by molar-refractivity contribution is -0.885. The Morgan fingerprint density at radius 3 is 2.39 bits per heavy atom. The third-order valence-corrected chi connectivity index (χ3v) is 4.20. The number of alkyl halides is 2. The van der Waals surface area contributed by atoms with Crippen LogP contribution in [0, 0.1) is 24.0 Å². The van der Waals surface area contributed by atoms with Crippen LogP contribution in [0.4, 0.5) is 20.2 Å². The van der Waals surface area contributed by atoms with E-state index in [-0.39, 0.29) is 29.6 Å². The van der Waals surface area contributed by atoms with E-state index in [1.54, 1.807) is 32.2 Å². The van der Waals surface area contributed by atoms with Crippen LogP contribution in [0.1, 0.15) is 16.7 Å². The van der Waals surface area contributed by atoms with Crippen LogP contribution in [-0.2, 0) is 11.3 Å². The summed E-state index contributed by atoms with van der Waals surface area (Å²) < 4.78 is 28.6. The average molecular weight is 394 g/mol. The molecule has 0 fully saturated rings. The number of ether oxygens (including phenoxy) is 1. The fourth-order valence-electron chi connectivity index (χ4n) is 2.72. The van der Waals surface area contributed by atoms with Crippen molar-refractivity contribution in [2.24, 2.45) is 0 Å². The standard InChI is InChI=1S/C19H21F2N3O4/c1-12-8-16(17(24(26)27)9-13(12)2)22-18(25)11-23(3)10-14-4-6-15(7-5-14)28-19(20)21/h4-9,19H,10-11H2,1-3H3,(H,22,25)/p+1. The minimum Gasteiger partial charge on any atom is -0.435 e. The predicted molar refractivity (Wildman–Crippen MR) is 99.7 cm³/mol. The lowest BCUT2D eigenvalue weighted by atomic mass is 10.1. The zero-order valence-corrected chi connectivity index (χ0v) is 15.8. The third kappa shape index (κ3) is 5.98. The molecule has 0 aliphatic heterocycles. The number of carbonyl (C=O) groups excluding carboxylic acids is 1. The first-order valence-electron chi connectivity index (χ1n) is 8.56. The minimum atomic E-state index is -2.88. The van der Waals surface area contributed by atoms with Gasteiger partial charge in [-0.2, -0.15) is 8.78 Å². The molecule has 0 radical (unpaired) electrons. The Hall–Kier alpha value is -3.07. The van der Waals surface area contributed by atoms with E-state index in [0.29, 0.717) is 6.54 Å². The van der Waals surface area contributed by atoms with E-state index in [0.717, 1.165) is 21.6 Å². The van der Waals surface area contributed by atoms with E-state index in [1.807, 2.05) is 6.92 Å². The van der Waals surface area contributed by atoms with E-state index in [9.17, 15) is 23.7 Å². The maximum absolute atomic E-state index is 12.3. The Kier molecular flexibility index (Phi) is 7.00. The summed E-state index contributed by atoms with van der Waals surface area (Å²) in [6.07, 6.45) is 0. The molecule has 9 heteroatoms. The molecule has 0 heterocycles. The number of hydrogen-bond acceptors (Lipinski definition) is 4. The number of likely N-dealkylation sites (N-methyl/N-ethyl adjacent to an activating group) is 1. The molecule has 0 bridgehead atoms. The number of carbonyl (C=O) groups is 1. The summed E-state index contributed by atoms with van der Waals surface area (Å²) in [6, 6.07) is 9.19. The monoisotopic (exact) mass is 394 g/mol. The number of nitrogens with zero attached hydrogens (tertiary/aromatic N) is 1. The molecular formula is C19H22F2N3O4+. The van der Waals surface area contributed by atoms with Crippen LogP contribution in [0.15, 0.2) is 36.4 Å². The summed E-state index contributed by atoms with van der Waals surface area (Å²) in [4.78, 5) is 23.8. The van der Waals surface area contributed by atoms with Crippen LogP contribution in [0.5, 0.6) is 5.75 Å². The van der Waals surface area contributed by atoms with Gasteiger partial charge in [-0.3, -0.25) is 14.9 Å². The number of nitro groups is 1. The van der Waals surface area contributed by atoms with E-state index < -0.39 is 11.5 Å². The fraction of sp³-hybridized carbons (Fsp3) is 0.316. The molecule has 2 aromatic carbocycles. The van der Waals surface area contributed by atoms with Gasteiger partial charge in [0.15, 0.2) is 6.54 Å². The number of nitro benzene ring substituents is 1. The lowest BCUT2D eigenvalue weighted by Crippen LogP contribution is -3.08. The number of anilines is 1. The number of amides is 1. The van der Waals surface area contributed by atoms with Crippen LogP contribution in [0.3, 0.4) is 0 Å². The summed E-state index contributed by atoms with van der Waals surface area (Å²) in [6.45, 7) is 1.26. The normalized spacial score (nSPS) is 11.9. The van der Waals surface area contributed by atoms with Gasteiger partial charge < -0.3 is 15.0 Å². The van der Waals surface area contributed by atoms with Crippen molar-refractivity contribution in [1.29, 1.82) is 0 Å². The number of rotatable bonds is 8. The van der Waals surface area contributed by atoms with E-state index in [4.69, 9.17) is 0 Å². The largest absolute Gasteiger partial charge is 0.435 e. The van der Waals surface area contributed by atoms with Gasteiger partial charge in [0.1, 0.15) is 18.0 Å². The lowest BCUT2D eigenvalue weighted by Gasteiger charge is -2.15. The van der Waals surface area contributed by atoms with Crippen molar-refractivity contribution < 1.29 is 28.1 Å². The molecule has 0 aromatic heterocycles. The third-order valence-electron chi connectivity index (χ3n) is 4.20. The van der Waals surface area contributed by atoms with Crippen molar-refractivity contribution in [2.75, 3.05) is 18.9 Å². The molecule has 2 aromatic rings. The van der Waals surface area contributed by atoms with Gasteiger partial charge in [0.05, 0.1) is 12.0 Å². The summed E-state index contributed by atoms with van der Waals surface area (Å²) in [7, 11) is 1.79.